The Morgan fingerprint density at radius 3 is 2.39 bits per heavy atom. The Morgan fingerprint density at radius 1 is 0.909 bits per heavy atom. The lowest BCUT2D eigenvalue weighted by Gasteiger charge is -2.12. The van der Waals surface area contributed by atoms with Crippen LogP contribution in [0.1, 0.15) is 30.6 Å². The quantitative estimate of drug-likeness (QED) is 0.345. The van der Waals surface area contributed by atoms with E-state index in [4.69, 9.17) is 21.7 Å². The molecule has 0 aliphatic carbocycles. The summed E-state index contributed by atoms with van der Waals surface area (Å²) < 4.78 is 11.3. The van der Waals surface area contributed by atoms with Crippen LogP contribution in [0.15, 0.2) is 66.7 Å². The summed E-state index contributed by atoms with van der Waals surface area (Å²) in [6, 6.07) is 20.2. The fraction of sp³-hybridized carbons (Fsp3) is 0.240. The van der Waals surface area contributed by atoms with E-state index < -0.39 is 11.8 Å². The third-order valence-corrected chi connectivity index (χ3v) is 4.94. The number of ether oxygens (including phenoxy) is 2. The molecule has 0 bridgehead atoms. The Balaban J connectivity index is 1.41. The lowest BCUT2D eigenvalue weighted by atomic mass is 10.1. The number of hydrogen-bond donors (Lipinski definition) is 3. The van der Waals surface area contributed by atoms with Crippen molar-refractivity contribution >= 4 is 39.9 Å². The van der Waals surface area contributed by atoms with Crippen molar-refractivity contribution in [1.29, 1.82) is 0 Å². The number of carbonyl (C=O) groups excluding carboxylic acids is 2. The summed E-state index contributed by atoms with van der Waals surface area (Å²) in [4.78, 5) is 24.4. The predicted octanol–water partition coefficient (Wildman–Crippen LogP) is 3.98. The van der Waals surface area contributed by atoms with Crippen LogP contribution in [-0.4, -0.2) is 30.1 Å². The van der Waals surface area contributed by atoms with E-state index >= 15 is 0 Å². The highest BCUT2D eigenvalue weighted by Crippen LogP contribution is 2.24. The second kappa shape index (κ2) is 11.8. The van der Waals surface area contributed by atoms with Gasteiger partial charge in [0.25, 0.3) is 11.8 Å². The van der Waals surface area contributed by atoms with Crippen molar-refractivity contribution in [3.05, 3.63) is 72.3 Å². The van der Waals surface area contributed by atoms with Crippen LogP contribution in [0.5, 0.6) is 11.5 Å². The number of hydrazine groups is 1. The van der Waals surface area contributed by atoms with Crippen LogP contribution in [0.2, 0.25) is 0 Å². The van der Waals surface area contributed by atoms with Crippen molar-refractivity contribution in [2.45, 2.75) is 20.3 Å². The molecule has 3 rings (SSSR count). The van der Waals surface area contributed by atoms with Gasteiger partial charge in [0, 0.05) is 10.9 Å². The molecule has 172 valence electrons. The molecule has 0 saturated carbocycles. The second-order valence-electron chi connectivity index (χ2n) is 7.78. The molecule has 0 aromatic heterocycles. The smallest absolute Gasteiger partial charge is 0.276 e. The van der Waals surface area contributed by atoms with Gasteiger partial charge in [-0.2, -0.15) is 0 Å². The van der Waals surface area contributed by atoms with Crippen molar-refractivity contribution in [3.8, 4) is 11.5 Å². The van der Waals surface area contributed by atoms with Crippen molar-refractivity contribution in [3.63, 3.8) is 0 Å². The maximum atomic E-state index is 12.3. The Hall–Kier alpha value is -3.65. The van der Waals surface area contributed by atoms with Gasteiger partial charge >= 0.3 is 0 Å². The molecule has 0 heterocycles. The molecule has 2 amide bonds. The van der Waals surface area contributed by atoms with Gasteiger partial charge in [-0.15, -0.1) is 0 Å². The highest BCUT2D eigenvalue weighted by atomic mass is 32.1. The molecular weight excluding hydrogens is 438 g/mol. The molecular formula is C25H27N3O4S. The second-order valence-corrected chi connectivity index (χ2v) is 8.19. The van der Waals surface area contributed by atoms with Crippen LogP contribution in [0, 0.1) is 5.92 Å². The first-order valence-corrected chi connectivity index (χ1v) is 11.1. The number of nitrogens with one attached hydrogen (secondary N) is 3. The first-order valence-electron chi connectivity index (χ1n) is 10.7. The molecule has 0 atom stereocenters. The fourth-order valence-electron chi connectivity index (χ4n) is 2.95. The Morgan fingerprint density at radius 2 is 1.64 bits per heavy atom. The molecule has 0 unspecified atom stereocenters. The van der Waals surface area contributed by atoms with E-state index in [0.717, 1.165) is 17.2 Å². The third kappa shape index (κ3) is 7.47. The van der Waals surface area contributed by atoms with Gasteiger partial charge in [0.2, 0.25) is 0 Å². The minimum absolute atomic E-state index is 0.0317. The Bertz CT molecular complexity index is 1110. The van der Waals surface area contributed by atoms with Gasteiger partial charge < -0.3 is 9.47 Å². The minimum atomic E-state index is -0.442. The zero-order chi connectivity index (χ0) is 23.6. The normalized spacial score (nSPS) is 10.5. The van der Waals surface area contributed by atoms with E-state index in [0.29, 0.717) is 29.6 Å². The summed E-state index contributed by atoms with van der Waals surface area (Å²) in [6.45, 7) is 4.68. The first kappa shape index (κ1) is 24.0. The average Bonchev–Trinajstić information content (AvgIpc) is 2.81. The van der Waals surface area contributed by atoms with E-state index in [1.807, 2.05) is 36.4 Å². The number of carbonyl (C=O) groups is 2. The van der Waals surface area contributed by atoms with Crippen molar-refractivity contribution < 1.29 is 19.1 Å². The number of hydrogen-bond acceptors (Lipinski definition) is 5. The molecule has 3 aromatic rings. The summed E-state index contributed by atoms with van der Waals surface area (Å²) in [7, 11) is 0. The van der Waals surface area contributed by atoms with Gasteiger partial charge in [0.05, 0.1) is 6.61 Å². The largest absolute Gasteiger partial charge is 0.494 e. The zero-order valence-electron chi connectivity index (χ0n) is 18.6. The number of rotatable bonds is 8. The SMILES string of the molecule is CC(C)CCOc1ccc(C(=O)NC(=S)NNC(=O)COc2cccc3ccccc23)cc1. The van der Waals surface area contributed by atoms with Crippen LogP contribution in [0.3, 0.4) is 0 Å². The summed E-state index contributed by atoms with van der Waals surface area (Å²) >= 11 is 5.07. The van der Waals surface area contributed by atoms with E-state index in [9.17, 15) is 9.59 Å². The minimum Gasteiger partial charge on any atom is -0.494 e. The zero-order valence-corrected chi connectivity index (χ0v) is 19.4. The molecule has 0 aliphatic rings. The van der Waals surface area contributed by atoms with Gasteiger partial charge in [-0.25, -0.2) is 0 Å². The maximum Gasteiger partial charge on any atom is 0.276 e. The van der Waals surface area contributed by atoms with Crippen LogP contribution >= 0.6 is 12.2 Å². The molecule has 0 aliphatic heterocycles. The molecule has 3 aromatic carbocycles. The van der Waals surface area contributed by atoms with Crippen LogP contribution < -0.4 is 25.6 Å². The number of thiocarbonyl (C=S) groups is 1. The molecule has 0 spiro atoms. The molecule has 0 fully saturated rings. The molecule has 0 saturated heterocycles. The predicted molar refractivity (Wildman–Crippen MR) is 132 cm³/mol. The van der Waals surface area contributed by atoms with Crippen LogP contribution in [-0.2, 0) is 4.79 Å². The fourth-order valence-corrected chi connectivity index (χ4v) is 3.09. The number of amides is 2. The van der Waals surface area contributed by atoms with E-state index in [1.54, 1.807) is 30.3 Å². The standard InChI is InChI=1S/C25H27N3O4S/c1-17(2)14-15-31-20-12-10-19(11-13-20)24(30)26-25(33)28-27-23(29)16-32-22-9-5-7-18-6-3-4-8-21(18)22/h3-13,17H,14-16H2,1-2H3,(H,27,29)(H2,26,28,30,33). The molecule has 3 N–H and O–H groups in total. The van der Waals surface area contributed by atoms with Crippen LogP contribution in [0.4, 0.5) is 0 Å². The van der Waals surface area contributed by atoms with E-state index in [2.05, 4.69) is 30.0 Å². The third-order valence-electron chi connectivity index (χ3n) is 4.73. The summed E-state index contributed by atoms with van der Waals surface area (Å²) in [5, 5.41) is 4.42. The van der Waals surface area contributed by atoms with Gasteiger partial charge in [-0.05, 0) is 60.3 Å². The van der Waals surface area contributed by atoms with Gasteiger partial charge in [-0.3, -0.25) is 25.8 Å². The molecule has 0 radical (unpaired) electrons. The summed E-state index contributed by atoms with van der Waals surface area (Å²) in [6.07, 6.45) is 0.959. The summed E-state index contributed by atoms with van der Waals surface area (Å²) in [5.41, 5.74) is 5.33. The van der Waals surface area contributed by atoms with Gasteiger partial charge in [0.1, 0.15) is 11.5 Å². The highest BCUT2D eigenvalue weighted by molar-refractivity contribution is 7.80. The topological polar surface area (TPSA) is 88.7 Å². The summed E-state index contributed by atoms with van der Waals surface area (Å²) in [5.74, 6) is 1.03. The molecule has 33 heavy (non-hydrogen) atoms. The monoisotopic (exact) mass is 465 g/mol. The van der Waals surface area contributed by atoms with E-state index in [1.165, 1.54) is 0 Å². The molecule has 8 heteroatoms. The highest BCUT2D eigenvalue weighted by Gasteiger charge is 2.10. The number of benzene rings is 3. The van der Waals surface area contributed by atoms with Crippen LogP contribution in [0.25, 0.3) is 10.8 Å². The maximum absolute atomic E-state index is 12.3. The first-order chi connectivity index (χ1) is 15.9. The molecule has 7 nitrogen and oxygen atoms in total. The Labute approximate surface area is 198 Å². The lowest BCUT2D eigenvalue weighted by molar-refractivity contribution is -0.123. The van der Waals surface area contributed by atoms with E-state index in [-0.39, 0.29) is 11.7 Å². The van der Waals surface area contributed by atoms with Crippen molar-refractivity contribution in [2.24, 2.45) is 5.92 Å². The van der Waals surface area contributed by atoms with Crippen molar-refractivity contribution in [1.82, 2.24) is 16.2 Å². The van der Waals surface area contributed by atoms with Gasteiger partial charge in [0.15, 0.2) is 11.7 Å². The van der Waals surface area contributed by atoms with Gasteiger partial charge in [-0.1, -0.05) is 50.2 Å². The lowest BCUT2D eigenvalue weighted by Crippen LogP contribution is -2.49. The number of fused-ring (bicyclic) bond motifs is 1. The average molecular weight is 466 g/mol. The Kier molecular flexibility index (Phi) is 8.60. The van der Waals surface area contributed by atoms with Crippen molar-refractivity contribution in [2.75, 3.05) is 13.2 Å².